The highest BCUT2D eigenvalue weighted by Gasteiger charge is 2.14. The molecule has 126 valence electrons. The summed E-state index contributed by atoms with van der Waals surface area (Å²) in [7, 11) is 0. The van der Waals surface area contributed by atoms with E-state index in [9.17, 15) is 14.9 Å². The molecule has 0 heterocycles. The fraction of sp³-hybridized carbons (Fsp3) is 0.235. The topological polar surface area (TPSA) is 81.5 Å². The van der Waals surface area contributed by atoms with Gasteiger partial charge in [0.1, 0.15) is 5.75 Å². The molecule has 2 rings (SSSR count). The third-order valence-corrected chi connectivity index (χ3v) is 3.86. The van der Waals surface area contributed by atoms with E-state index in [0.29, 0.717) is 21.5 Å². The summed E-state index contributed by atoms with van der Waals surface area (Å²) in [5.41, 5.74) is 1.50. The number of non-ortho nitro benzene ring substituents is 1. The highest BCUT2D eigenvalue weighted by molar-refractivity contribution is 9.10. The van der Waals surface area contributed by atoms with Gasteiger partial charge in [-0.15, -0.1) is 0 Å². The number of hydrogen-bond acceptors (Lipinski definition) is 4. The second kappa shape index (κ2) is 7.44. The maximum absolute atomic E-state index is 12.4. The Morgan fingerprint density at radius 1 is 1.25 bits per heavy atom. The van der Waals surface area contributed by atoms with Crippen LogP contribution in [-0.4, -0.2) is 16.9 Å². The number of anilines is 1. The molecule has 2 aromatic carbocycles. The molecule has 0 fully saturated rings. The zero-order valence-electron chi connectivity index (χ0n) is 13.5. The highest BCUT2D eigenvalue weighted by Crippen LogP contribution is 2.28. The van der Waals surface area contributed by atoms with Crippen LogP contribution in [0.2, 0.25) is 0 Å². The van der Waals surface area contributed by atoms with Crippen molar-refractivity contribution in [2.45, 2.75) is 26.9 Å². The van der Waals surface area contributed by atoms with Crippen molar-refractivity contribution in [3.8, 4) is 5.75 Å². The largest absolute Gasteiger partial charge is 0.490 e. The summed E-state index contributed by atoms with van der Waals surface area (Å²) >= 11 is 3.38. The molecule has 0 saturated carbocycles. The molecule has 0 bridgehead atoms. The van der Waals surface area contributed by atoms with Gasteiger partial charge in [-0.05, 0) is 60.5 Å². The van der Waals surface area contributed by atoms with Crippen LogP contribution in [-0.2, 0) is 0 Å². The summed E-state index contributed by atoms with van der Waals surface area (Å²) in [6.07, 6.45) is 0.0218. The number of ether oxygens (including phenoxy) is 1. The number of benzene rings is 2. The van der Waals surface area contributed by atoms with E-state index in [0.717, 1.165) is 5.56 Å². The number of amides is 1. The van der Waals surface area contributed by atoms with E-state index in [1.807, 2.05) is 13.8 Å². The van der Waals surface area contributed by atoms with Gasteiger partial charge in [0.25, 0.3) is 11.6 Å². The van der Waals surface area contributed by atoms with Gasteiger partial charge in [-0.2, -0.15) is 0 Å². The van der Waals surface area contributed by atoms with E-state index < -0.39 is 4.92 Å². The van der Waals surface area contributed by atoms with Gasteiger partial charge in [0.15, 0.2) is 0 Å². The summed E-state index contributed by atoms with van der Waals surface area (Å²) in [5.74, 6) is 0.295. The van der Waals surface area contributed by atoms with Crippen LogP contribution in [0.25, 0.3) is 0 Å². The predicted octanol–water partition coefficient (Wildman–Crippen LogP) is 4.71. The Labute approximate surface area is 148 Å². The van der Waals surface area contributed by atoms with Crippen LogP contribution in [0.1, 0.15) is 29.8 Å². The highest BCUT2D eigenvalue weighted by atomic mass is 79.9. The van der Waals surface area contributed by atoms with Gasteiger partial charge in [-0.3, -0.25) is 14.9 Å². The van der Waals surface area contributed by atoms with Crippen molar-refractivity contribution in [3.63, 3.8) is 0 Å². The second-order valence-electron chi connectivity index (χ2n) is 5.52. The van der Waals surface area contributed by atoms with Crippen LogP contribution in [0.15, 0.2) is 40.9 Å². The van der Waals surface area contributed by atoms with Crippen molar-refractivity contribution in [3.05, 3.63) is 62.1 Å². The molecular formula is C17H17BrN2O4. The Balaban J connectivity index is 2.23. The molecule has 0 spiro atoms. The van der Waals surface area contributed by atoms with E-state index in [1.54, 1.807) is 31.2 Å². The quantitative estimate of drug-likeness (QED) is 0.590. The first kappa shape index (κ1) is 17.9. The molecule has 1 N–H and O–H groups in total. The minimum Gasteiger partial charge on any atom is -0.490 e. The van der Waals surface area contributed by atoms with Crippen LogP contribution in [0.5, 0.6) is 5.75 Å². The molecule has 0 aliphatic carbocycles. The molecule has 24 heavy (non-hydrogen) atoms. The molecule has 0 unspecified atom stereocenters. The van der Waals surface area contributed by atoms with Crippen LogP contribution >= 0.6 is 15.9 Å². The van der Waals surface area contributed by atoms with Crippen LogP contribution < -0.4 is 10.1 Å². The van der Waals surface area contributed by atoms with E-state index in [2.05, 4.69) is 21.2 Å². The Hall–Kier alpha value is -2.41. The van der Waals surface area contributed by atoms with Crippen LogP contribution in [0.3, 0.4) is 0 Å². The molecular weight excluding hydrogens is 376 g/mol. The lowest BCUT2D eigenvalue weighted by Crippen LogP contribution is -2.13. The molecule has 0 saturated heterocycles. The Bertz CT molecular complexity index is 790. The molecule has 0 atom stereocenters. The molecule has 0 aromatic heterocycles. The molecule has 0 radical (unpaired) electrons. The summed E-state index contributed by atoms with van der Waals surface area (Å²) in [4.78, 5) is 22.8. The van der Waals surface area contributed by atoms with E-state index >= 15 is 0 Å². The molecule has 2 aromatic rings. The second-order valence-corrected chi connectivity index (χ2v) is 6.38. The Morgan fingerprint density at radius 2 is 1.96 bits per heavy atom. The lowest BCUT2D eigenvalue weighted by atomic mass is 10.1. The fourth-order valence-corrected chi connectivity index (χ4v) is 2.52. The normalized spacial score (nSPS) is 10.5. The van der Waals surface area contributed by atoms with Gasteiger partial charge in [-0.25, -0.2) is 0 Å². The number of nitrogens with one attached hydrogen (secondary N) is 1. The molecule has 0 aliphatic rings. The first-order valence-electron chi connectivity index (χ1n) is 7.30. The lowest BCUT2D eigenvalue weighted by molar-refractivity contribution is -0.384. The van der Waals surface area contributed by atoms with Crippen molar-refractivity contribution >= 4 is 33.2 Å². The van der Waals surface area contributed by atoms with Crippen molar-refractivity contribution in [2.75, 3.05) is 5.32 Å². The molecule has 1 amide bonds. The van der Waals surface area contributed by atoms with Crippen LogP contribution in [0, 0.1) is 17.0 Å². The maximum atomic E-state index is 12.4. The number of nitro benzene ring substituents is 1. The molecule has 7 heteroatoms. The fourth-order valence-electron chi connectivity index (χ4n) is 2.04. The number of carbonyl (C=O) groups excluding carboxylic acids is 1. The standard InChI is InChI=1S/C17H17BrN2O4/c1-10(2)24-16-7-5-12(8-14(16)18)17(21)19-15-9-13(20(22)23)6-4-11(15)3/h4-10H,1-3H3,(H,19,21). The van der Waals surface area contributed by atoms with E-state index in [-0.39, 0.29) is 17.7 Å². The Kier molecular flexibility index (Phi) is 5.56. The molecule has 0 aliphatic heterocycles. The van der Waals surface area contributed by atoms with E-state index in [4.69, 9.17) is 4.74 Å². The van der Waals surface area contributed by atoms with Gasteiger partial charge >= 0.3 is 0 Å². The van der Waals surface area contributed by atoms with Crippen molar-refractivity contribution in [1.82, 2.24) is 0 Å². The minimum atomic E-state index is -0.496. The van der Waals surface area contributed by atoms with Gasteiger partial charge in [0, 0.05) is 17.7 Å². The number of nitro groups is 1. The predicted molar refractivity (Wildman–Crippen MR) is 95.7 cm³/mol. The van der Waals surface area contributed by atoms with Crippen molar-refractivity contribution in [1.29, 1.82) is 0 Å². The SMILES string of the molecule is Cc1ccc([N+](=O)[O-])cc1NC(=O)c1ccc(OC(C)C)c(Br)c1. The lowest BCUT2D eigenvalue weighted by Gasteiger charge is -2.13. The van der Waals surface area contributed by atoms with Gasteiger partial charge in [0.05, 0.1) is 21.2 Å². The van der Waals surface area contributed by atoms with Gasteiger partial charge < -0.3 is 10.1 Å². The zero-order chi connectivity index (χ0) is 17.9. The monoisotopic (exact) mass is 392 g/mol. The summed E-state index contributed by atoms with van der Waals surface area (Å²) in [6, 6.07) is 9.35. The average molecular weight is 393 g/mol. The number of hydrogen-bond donors (Lipinski definition) is 1. The number of halogens is 1. The van der Waals surface area contributed by atoms with Crippen molar-refractivity contribution < 1.29 is 14.5 Å². The number of carbonyl (C=O) groups is 1. The maximum Gasteiger partial charge on any atom is 0.271 e. The van der Waals surface area contributed by atoms with Crippen LogP contribution in [0.4, 0.5) is 11.4 Å². The Morgan fingerprint density at radius 3 is 2.54 bits per heavy atom. The summed E-state index contributed by atoms with van der Waals surface area (Å²) < 4.78 is 6.27. The van der Waals surface area contributed by atoms with Gasteiger partial charge in [-0.1, -0.05) is 6.07 Å². The minimum absolute atomic E-state index is 0.0218. The first-order chi connectivity index (χ1) is 11.3. The molecule has 6 nitrogen and oxygen atoms in total. The number of aryl methyl sites for hydroxylation is 1. The number of nitrogens with zero attached hydrogens (tertiary/aromatic N) is 1. The first-order valence-corrected chi connectivity index (χ1v) is 8.10. The van der Waals surface area contributed by atoms with E-state index in [1.165, 1.54) is 12.1 Å². The third kappa shape index (κ3) is 4.32. The van der Waals surface area contributed by atoms with Crippen molar-refractivity contribution in [2.24, 2.45) is 0 Å². The number of rotatable bonds is 5. The summed E-state index contributed by atoms with van der Waals surface area (Å²) in [6.45, 7) is 5.60. The smallest absolute Gasteiger partial charge is 0.271 e. The van der Waals surface area contributed by atoms with Gasteiger partial charge in [0.2, 0.25) is 0 Å². The average Bonchev–Trinajstić information content (AvgIpc) is 2.50. The zero-order valence-corrected chi connectivity index (χ0v) is 15.1. The summed E-state index contributed by atoms with van der Waals surface area (Å²) in [5, 5.41) is 13.6. The third-order valence-electron chi connectivity index (χ3n) is 3.24.